The van der Waals surface area contributed by atoms with Crippen LogP contribution in [-0.4, -0.2) is 45.1 Å². The van der Waals surface area contributed by atoms with Crippen LogP contribution in [0.15, 0.2) is 0 Å². The van der Waals surface area contributed by atoms with Gasteiger partial charge in [0, 0.05) is 6.61 Å². The van der Waals surface area contributed by atoms with Gasteiger partial charge in [0.1, 0.15) is 12.1 Å². The molecule has 112 valence electrons. The average molecular weight is 283 g/mol. The second-order valence-corrected chi connectivity index (χ2v) is 4.76. The summed E-state index contributed by atoms with van der Waals surface area (Å²) in [4.78, 5) is 11.9. The first-order chi connectivity index (χ1) is 8.85. The third-order valence-electron chi connectivity index (χ3n) is 3.69. The van der Waals surface area contributed by atoms with Gasteiger partial charge >= 0.3 is 12.1 Å². The zero-order valence-electron chi connectivity index (χ0n) is 11.2. The molecule has 2 unspecified atom stereocenters. The number of nitrogens with one attached hydrogen (secondary N) is 1. The van der Waals surface area contributed by atoms with Crippen LogP contribution >= 0.6 is 0 Å². The lowest BCUT2D eigenvalue weighted by molar-refractivity contribution is -0.175. The first-order valence-corrected chi connectivity index (χ1v) is 6.27. The van der Waals surface area contributed by atoms with Gasteiger partial charge in [-0.25, -0.2) is 0 Å². The first kappa shape index (κ1) is 16.2. The summed E-state index contributed by atoms with van der Waals surface area (Å²) in [7, 11) is 2.99. The molecule has 0 saturated heterocycles. The Morgan fingerprint density at radius 2 is 2.16 bits per heavy atom. The number of ether oxygens (including phenoxy) is 2. The smallest absolute Gasteiger partial charge is 0.411 e. The lowest BCUT2D eigenvalue weighted by Gasteiger charge is -2.32. The molecule has 0 amide bonds. The van der Waals surface area contributed by atoms with E-state index in [4.69, 9.17) is 4.74 Å². The summed E-state index contributed by atoms with van der Waals surface area (Å²) < 4.78 is 45.2. The minimum Gasteiger partial charge on any atom is -0.468 e. The minimum atomic E-state index is -4.31. The van der Waals surface area contributed by atoms with Gasteiger partial charge in [-0.2, -0.15) is 13.2 Å². The quantitative estimate of drug-likeness (QED) is 0.597. The van der Waals surface area contributed by atoms with Gasteiger partial charge in [0.05, 0.1) is 7.11 Å². The molecule has 1 N–H and O–H groups in total. The van der Waals surface area contributed by atoms with E-state index in [9.17, 15) is 18.0 Å². The van der Waals surface area contributed by atoms with Gasteiger partial charge in [0.15, 0.2) is 0 Å². The van der Waals surface area contributed by atoms with Crippen LogP contribution in [-0.2, 0) is 14.3 Å². The minimum absolute atomic E-state index is 0.00932. The van der Waals surface area contributed by atoms with Gasteiger partial charge in [-0.1, -0.05) is 6.42 Å². The number of esters is 1. The van der Waals surface area contributed by atoms with Crippen molar-refractivity contribution >= 4 is 5.97 Å². The Kier molecular flexibility index (Phi) is 5.61. The predicted molar refractivity (Wildman–Crippen MR) is 62.6 cm³/mol. The third kappa shape index (κ3) is 4.07. The molecule has 1 rings (SSSR count). The maximum absolute atomic E-state index is 11.9. The Hall–Kier alpha value is -0.820. The van der Waals surface area contributed by atoms with Gasteiger partial charge < -0.3 is 14.8 Å². The maximum Gasteiger partial charge on any atom is 0.411 e. The number of carbonyl (C=O) groups is 1. The van der Waals surface area contributed by atoms with Crippen molar-refractivity contribution in [2.24, 2.45) is 5.92 Å². The lowest BCUT2D eigenvalue weighted by atomic mass is 9.85. The van der Waals surface area contributed by atoms with Crippen molar-refractivity contribution in [2.45, 2.75) is 37.4 Å². The number of likely N-dealkylation sites (N-methyl/N-ethyl adjacent to an activating group) is 1. The molecule has 1 aliphatic carbocycles. The zero-order valence-corrected chi connectivity index (χ0v) is 11.2. The molecule has 19 heavy (non-hydrogen) atoms. The van der Waals surface area contributed by atoms with Crippen LogP contribution < -0.4 is 5.32 Å². The van der Waals surface area contributed by atoms with E-state index in [1.54, 1.807) is 7.05 Å². The Bertz CT molecular complexity index is 309. The molecule has 0 aromatic carbocycles. The molecule has 1 aliphatic rings. The van der Waals surface area contributed by atoms with E-state index in [-0.39, 0.29) is 18.5 Å². The molecule has 0 aromatic heterocycles. The van der Waals surface area contributed by atoms with E-state index in [2.05, 4.69) is 10.1 Å². The molecule has 1 saturated carbocycles. The fraction of sp³-hybridized carbons (Fsp3) is 0.917. The highest BCUT2D eigenvalue weighted by Crippen LogP contribution is 2.38. The lowest BCUT2D eigenvalue weighted by Crippen LogP contribution is -2.54. The number of hydrogen-bond acceptors (Lipinski definition) is 4. The van der Waals surface area contributed by atoms with Gasteiger partial charge in [0.2, 0.25) is 0 Å². The Balaban J connectivity index is 2.50. The van der Waals surface area contributed by atoms with E-state index >= 15 is 0 Å². The van der Waals surface area contributed by atoms with Gasteiger partial charge in [0.25, 0.3) is 0 Å². The molecule has 0 heterocycles. The maximum atomic E-state index is 11.9. The number of methoxy groups -OCH3 is 1. The van der Waals surface area contributed by atoms with Crippen LogP contribution in [0, 0.1) is 5.92 Å². The monoisotopic (exact) mass is 283 g/mol. The average Bonchev–Trinajstić information content (AvgIpc) is 2.76. The molecular weight excluding hydrogens is 263 g/mol. The second kappa shape index (κ2) is 6.56. The number of hydrogen-bond donors (Lipinski definition) is 1. The van der Waals surface area contributed by atoms with Crippen molar-refractivity contribution in [3.63, 3.8) is 0 Å². The Morgan fingerprint density at radius 1 is 1.47 bits per heavy atom. The highest BCUT2D eigenvalue weighted by Gasteiger charge is 2.48. The molecule has 0 bridgehead atoms. The predicted octanol–water partition coefficient (Wildman–Crippen LogP) is 1.89. The number of halogens is 3. The van der Waals surface area contributed by atoms with Crippen LogP contribution in [0.25, 0.3) is 0 Å². The highest BCUT2D eigenvalue weighted by molar-refractivity contribution is 5.81. The van der Waals surface area contributed by atoms with Crippen LogP contribution in [0.4, 0.5) is 13.2 Å². The Morgan fingerprint density at radius 3 is 2.68 bits per heavy atom. The van der Waals surface area contributed by atoms with E-state index < -0.39 is 18.3 Å². The molecule has 2 atom stereocenters. The largest absolute Gasteiger partial charge is 0.468 e. The van der Waals surface area contributed by atoms with Crippen molar-refractivity contribution in [1.29, 1.82) is 0 Å². The van der Waals surface area contributed by atoms with E-state index in [1.807, 2.05) is 0 Å². The van der Waals surface area contributed by atoms with Crippen molar-refractivity contribution in [3.05, 3.63) is 0 Å². The molecule has 4 nitrogen and oxygen atoms in total. The van der Waals surface area contributed by atoms with E-state index in [0.29, 0.717) is 12.8 Å². The van der Waals surface area contributed by atoms with Crippen molar-refractivity contribution < 1.29 is 27.4 Å². The van der Waals surface area contributed by atoms with Crippen LogP contribution in [0.5, 0.6) is 0 Å². The van der Waals surface area contributed by atoms with Crippen molar-refractivity contribution in [3.8, 4) is 0 Å². The Labute approximate surface area is 110 Å². The van der Waals surface area contributed by atoms with Gasteiger partial charge in [-0.15, -0.1) is 0 Å². The summed E-state index contributed by atoms with van der Waals surface area (Å²) in [5.41, 5.74) is -0.781. The first-order valence-electron chi connectivity index (χ1n) is 6.27. The summed E-state index contributed by atoms with van der Waals surface area (Å²) in [6.45, 7) is -1.25. The third-order valence-corrected chi connectivity index (χ3v) is 3.69. The van der Waals surface area contributed by atoms with Crippen LogP contribution in [0.2, 0.25) is 0 Å². The summed E-state index contributed by atoms with van der Waals surface area (Å²) in [6, 6.07) is 0. The molecule has 1 fully saturated rings. The molecule has 0 radical (unpaired) electrons. The number of rotatable bonds is 6. The summed E-state index contributed by atoms with van der Waals surface area (Å²) in [5, 5.41) is 2.98. The zero-order chi connectivity index (χ0) is 14.5. The summed E-state index contributed by atoms with van der Waals surface area (Å²) in [5.74, 6) is -0.411. The second-order valence-electron chi connectivity index (χ2n) is 4.76. The van der Waals surface area contributed by atoms with E-state index in [1.165, 1.54) is 7.11 Å². The summed E-state index contributed by atoms with van der Waals surface area (Å²) >= 11 is 0. The van der Waals surface area contributed by atoms with Gasteiger partial charge in [-0.05, 0) is 32.2 Å². The summed E-state index contributed by atoms with van der Waals surface area (Å²) in [6.07, 6.45) is -1.63. The topological polar surface area (TPSA) is 47.6 Å². The standard InChI is InChI=1S/C12H20F3NO3/c1-16-11(10(17)18-2)6-3-4-9(11)5-7-19-8-12(13,14)15/h9,16H,3-8H2,1-2H3. The molecular formula is C12H20F3NO3. The fourth-order valence-corrected chi connectivity index (χ4v) is 2.76. The number of carbonyl (C=O) groups excluding carboxylic acids is 1. The normalized spacial score (nSPS) is 27.5. The number of alkyl halides is 3. The molecule has 0 aromatic rings. The molecule has 0 aliphatic heterocycles. The van der Waals surface area contributed by atoms with Crippen molar-refractivity contribution in [2.75, 3.05) is 27.4 Å². The van der Waals surface area contributed by atoms with Crippen molar-refractivity contribution in [1.82, 2.24) is 5.32 Å². The highest BCUT2D eigenvalue weighted by atomic mass is 19.4. The SMILES string of the molecule is CNC1(C(=O)OC)CCCC1CCOCC(F)(F)F. The van der Waals surface area contributed by atoms with Crippen LogP contribution in [0.1, 0.15) is 25.7 Å². The molecule has 0 spiro atoms. The molecule has 7 heteroatoms. The van der Waals surface area contributed by atoms with E-state index in [0.717, 1.165) is 12.8 Å². The van der Waals surface area contributed by atoms with Crippen LogP contribution in [0.3, 0.4) is 0 Å². The fourth-order valence-electron chi connectivity index (χ4n) is 2.76. The van der Waals surface area contributed by atoms with Gasteiger partial charge in [-0.3, -0.25) is 4.79 Å².